The molecule has 1 aliphatic rings. The molecule has 1 aliphatic heterocycles. The van der Waals surface area contributed by atoms with E-state index in [0.29, 0.717) is 31.0 Å². The molecule has 0 aromatic heterocycles. The summed E-state index contributed by atoms with van der Waals surface area (Å²) < 4.78 is 11.0. The summed E-state index contributed by atoms with van der Waals surface area (Å²) in [5.74, 6) is -0.0801. The van der Waals surface area contributed by atoms with E-state index in [-0.39, 0.29) is 11.3 Å². The predicted octanol–water partition coefficient (Wildman–Crippen LogP) is 5.03. The number of aliphatic hydroxyl groups excluding tert-OH is 1. The van der Waals surface area contributed by atoms with Crippen LogP contribution >= 0.6 is 0 Å². The highest BCUT2D eigenvalue weighted by Crippen LogP contribution is 2.39. The molecule has 1 atom stereocenters. The Labute approximate surface area is 214 Å². The number of likely N-dealkylation sites (tertiary alicyclic amines) is 1. The van der Waals surface area contributed by atoms with Crippen molar-refractivity contribution in [3.63, 3.8) is 0 Å². The number of carbonyl (C=O) groups excluding carboxylic acids is 2. The van der Waals surface area contributed by atoms with E-state index in [4.69, 9.17) is 9.47 Å². The van der Waals surface area contributed by atoms with Gasteiger partial charge in [-0.3, -0.25) is 9.59 Å². The van der Waals surface area contributed by atoms with Gasteiger partial charge in [0.05, 0.1) is 25.3 Å². The Hall–Kier alpha value is -3.32. The van der Waals surface area contributed by atoms with Gasteiger partial charge in [-0.15, -0.1) is 0 Å². The average molecular weight is 495 g/mol. The number of Topliss-reactive ketones (excluding diaryl/α,β-unsaturated/α-hetero) is 1. The highest BCUT2D eigenvalue weighted by Gasteiger charge is 2.46. The first-order valence-corrected chi connectivity index (χ1v) is 12.8. The SMILES string of the molecule is CCCCCOc1ccc(C2/C(=C(\O)c3ccc(OC)cc3)C(=O)C(=O)N2CCN(CC)CC)cc1. The monoisotopic (exact) mass is 494 g/mol. The van der Waals surface area contributed by atoms with Gasteiger partial charge in [0.2, 0.25) is 0 Å². The van der Waals surface area contributed by atoms with Gasteiger partial charge in [-0.2, -0.15) is 0 Å². The van der Waals surface area contributed by atoms with Crippen LogP contribution in [0.25, 0.3) is 5.76 Å². The number of nitrogens with zero attached hydrogens (tertiary/aromatic N) is 2. The number of hydrogen-bond acceptors (Lipinski definition) is 6. The van der Waals surface area contributed by atoms with Gasteiger partial charge in [0.1, 0.15) is 17.3 Å². The maximum absolute atomic E-state index is 13.2. The van der Waals surface area contributed by atoms with E-state index in [1.165, 1.54) is 0 Å². The molecule has 1 unspecified atom stereocenters. The Morgan fingerprint density at radius 2 is 1.58 bits per heavy atom. The molecule has 1 N–H and O–H groups in total. The largest absolute Gasteiger partial charge is 0.507 e. The van der Waals surface area contributed by atoms with Crippen LogP contribution in [0.3, 0.4) is 0 Å². The molecule has 0 aliphatic carbocycles. The van der Waals surface area contributed by atoms with E-state index in [9.17, 15) is 14.7 Å². The number of benzene rings is 2. The molecule has 3 rings (SSSR count). The van der Waals surface area contributed by atoms with E-state index >= 15 is 0 Å². The normalized spacial score (nSPS) is 17.1. The molecular formula is C29H38N2O5. The van der Waals surface area contributed by atoms with Crippen molar-refractivity contribution in [3.8, 4) is 11.5 Å². The molecule has 2 aromatic carbocycles. The van der Waals surface area contributed by atoms with Crippen molar-refractivity contribution < 1.29 is 24.2 Å². The van der Waals surface area contributed by atoms with Gasteiger partial charge in [-0.1, -0.05) is 45.7 Å². The predicted molar refractivity (Wildman–Crippen MR) is 141 cm³/mol. The number of aliphatic hydroxyl groups is 1. The second-order valence-electron chi connectivity index (χ2n) is 8.87. The lowest BCUT2D eigenvalue weighted by Gasteiger charge is -2.28. The summed E-state index contributed by atoms with van der Waals surface area (Å²) in [7, 11) is 1.56. The van der Waals surface area contributed by atoms with E-state index in [1.54, 1.807) is 36.3 Å². The number of likely N-dealkylation sites (N-methyl/N-ethyl adjacent to an activating group) is 1. The number of amides is 1. The van der Waals surface area contributed by atoms with Crippen LogP contribution in [0.4, 0.5) is 0 Å². The molecule has 7 nitrogen and oxygen atoms in total. The number of hydrogen-bond donors (Lipinski definition) is 1. The lowest BCUT2D eigenvalue weighted by atomic mass is 9.95. The smallest absolute Gasteiger partial charge is 0.295 e. The van der Waals surface area contributed by atoms with E-state index in [0.717, 1.165) is 43.7 Å². The third kappa shape index (κ3) is 6.26. The van der Waals surface area contributed by atoms with Crippen LogP contribution in [0, 0.1) is 0 Å². The van der Waals surface area contributed by atoms with E-state index < -0.39 is 17.7 Å². The van der Waals surface area contributed by atoms with Gasteiger partial charge in [0, 0.05) is 18.7 Å². The number of rotatable bonds is 13. The summed E-state index contributed by atoms with van der Waals surface area (Å²) in [6.07, 6.45) is 3.23. The zero-order valence-electron chi connectivity index (χ0n) is 21.8. The van der Waals surface area contributed by atoms with Crippen molar-refractivity contribution in [3.05, 3.63) is 65.2 Å². The minimum absolute atomic E-state index is 0.0985. The Morgan fingerprint density at radius 3 is 2.17 bits per heavy atom. The van der Waals surface area contributed by atoms with Gasteiger partial charge >= 0.3 is 0 Å². The van der Waals surface area contributed by atoms with Crippen molar-refractivity contribution in [2.75, 3.05) is 39.9 Å². The molecule has 0 saturated carbocycles. The first-order chi connectivity index (χ1) is 17.4. The molecule has 2 aromatic rings. The fraction of sp³-hybridized carbons (Fsp3) is 0.448. The van der Waals surface area contributed by atoms with Crippen molar-refractivity contribution in [2.24, 2.45) is 0 Å². The zero-order chi connectivity index (χ0) is 26.1. The van der Waals surface area contributed by atoms with E-state index in [1.807, 2.05) is 24.3 Å². The topological polar surface area (TPSA) is 79.3 Å². The van der Waals surface area contributed by atoms with Gasteiger partial charge < -0.3 is 24.4 Å². The summed E-state index contributed by atoms with van der Waals surface area (Å²) in [6.45, 7) is 9.64. The van der Waals surface area contributed by atoms with Gasteiger partial charge in [-0.25, -0.2) is 0 Å². The Morgan fingerprint density at radius 1 is 0.944 bits per heavy atom. The second kappa shape index (κ2) is 13.1. The van der Waals surface area contributed by atoms with Gasteiger partial charge in [-0.05, 0) is 61.5 Å². The van der Waals surface area contributed by atoms with Crippen molar-refractivity contribution in [2.45, 2.75) is 46.1 Å². The fourth-order valence-corrected chi connectivity index (χ4v) is 4.44. The molecule has 36 heavy (non-hydrogen) atoms. The first kappa shape index (κ1) is 27.3. The first-order valence-electron chi connectivity index (χ1n) is 12.8. The van der Waals surface area contributed by atoms with Gasteiger partial charge in [0.15, 0.2) is 0 Å². The van der Waals surface area contributed by atoms with Gasteiger partial charge in [0.25, 0.3) is 11.7 Å². The van der Waals surface area contributed by atoms with Crippen LogP contribution in [0.5, 0.6) is 11.5 Å². The molecule has 0 spiro atoms. The standard InChI is InChI=1S/C29H38N2O5/c1-5-8-9-20-36-24-16-10-21(11-17-24)26-25(27(32)22-12-14-23(35-4)15-13-22)28(33)29(34)31(26)19-18-30(6-2)7-3/h10-17,26,32H,5-9,18-20H2,1-4H3/b27-25+. The molecule has 0 bridgehead atoms. The Kier molecular flexibility index (Phi) is 9.94. The molecule has 1 amide bonds. The van der Waals surface area contributed by atoms with Crippen LogP contribution < -0.4 is 9.47 Å². The van der Waals surface area contributed by atoms with Crippen molar-refractivity contribution in [1.29, 1.82) is 0 Å². The second-order valence-corrected chi connectivity index (χ2v) is 8.87. The van der Waals surface area contributed by atoms with Crippen molar-refractivity contribution in [1.82, 2.24) is 9.80 Å². The number of carbonyl (C=O) groups is 2. The molecule has 0 radical (unpaired) electrons. The van der Waals surface area contributed by atoms with Crippen LogP contribution in [0.2, 0.25) is 0 Å². The maximum atomic E-state index is 13.2. The highest BCUT2D eigenvalue weighted by atomic mass is 16.5. The van der Waals surface area contributed by atoms with Crippen LogP contribution in [-0.4, -0.2) is 66.5 Å². The summed E-state index contributed by atoms with van der Waals surface area (Å²) in [5.41, 5.74) is 1.31. The summed E-state index contributed by atoms with van der Waals surface area (Å²) in [6, 6.07) is 13.6. The lowest BCUT2D eigenvalue weighted by molar-refractivity contribution is -0.140. The Balaban J connectivity index is 1.97. The molecule has 1 heterocycles. The highest BCUT2D eigenvalue weighted by molar-refractivity contribution is 6.46. The third-order valence-electron chi connectivity index (χ3n) is 6.67. The third-order valence-corrected chi connectivity index (χ3v) is 6.67. The number of unbranched alkanes of at least 4 members (excludes halogenated alkanes) is 2. The summed E-state index contributed by atoms with van der Waals surface area (Å²) >= 11 is 0. The number of ether oxygens (including phenoxy) is 2. The maximum Gasteiger partial charge on any atom is 0.295 e. The quantitative estimate of drug-likeness (QED) is 0.182. The van der Waals surface area contributed by atoms with E-state index in [2.05, 4.69) is 25.7 Å². The van der Waals surface area contributed by atoms with Crippen LogP contribution in [-0.2, 0) is 9.59 Å². The van der Waals surface area contributed by atoms with Crippen molar-refractivity contribution >= 4 is 17.4 Å². The summed E-state index contributed by atoms with van der Waals surface area (Å²) in [4.78, 5) is 30.2. The number of ketones is 1. The summed E-state index contributed by atoms with van der Waals surface area (Å²) in [5, 5.41) is 11.2. The van der Waals surface area contributed by atoms with Crippen LogP contribution in [0.1, 0.15) is 57.2 Å². The zero-order valence-corrected chi connectivity index (χ0v) is 21.8. The molecule has 1 saturated heterocycles. The lowest BCUT2D eigenvalue weighted by Crippen LogP contribution is -2.38. The molecular weight excluding hydrogens is 456 g/mol. The minimum Gasteiger partial charge on any atom is -0.507 e. The number of methoxy groups -OCH3 is 1. The van der Waals surface area contributed by atoms with Crippen LogP contribution in [0.15, 0.2) is 54.1 Å². The molecule has 1 fully saturated rings. The minimum atomic E-state index is -0.684. The average Bonchev–Trinajstić information content (AvgIpc) is 3.16. The molecule has 194 valence electrons. The Bertz CT molecular complexity index is 1040. The molecule has 7 heteroatoms. The fourth-order valence-electron chi connectivity index (χ4n) is 4.44.